The number of rotatable bonds is 7. The highest BCUT2D eigenvalue weighted by molar-refractivity contribution is 6.10. The van der Waals surface area contributed by atoms with Gasteiger partial charge in [-0.3, -0.25) is 9.89 Å². The second-order valence-corrected chi connectivity index (χ2v) is 5.08. The monoisotopic (exact) mass is 297 g/mol. The Morgan fingerprint density at radius 2 is 2.32 bits per heavy atom. The zero-order valence-corrected chi connectivity index (χ0v) is 12.7. The molecule has 0 aliphatic carbocycles. The average Bonchev–Trinajstić information content (AvgIpc) is 3.20. The molecule has 2 heterocycles. The summed E-state index contributed by atoms with van der Waals surface area (Å²) in [5.74, 6) is 0.154. The molecule has 2 rings (SSSR count). The van der Waals surface area contributed by atoms with E-state index in [0.717, 1.165) is 17.7 Å². The molecule has 22 heavy (non-hydrogen) atoms. The van der Waals surface area contributed by atoms with Gasteiger partial charge >= 0.3 is 0 Å². The normalized spacial score (nSPS) is 14.5. The van der Waals surface area contributed by atoms with Crippen LogP contribution < -0.4 is 0 Å². The summed E-state index contributed by atoms with van der Waals surface area (Å²) in [5.41, 5.74) is 1.33. The maximum absolute atomic E-state index is 9.23. The van der Waals surface area contributed by atoms with Gasteiger partial charge < -0.3 is 14.8 Å². The van der Waals surface area contributed by atoms with Crippen molar-refractivity contribution >= 4 is 11.9 Å². The molecule has 0 aliphatic heterocycles. The number of hydrogen-bond acceptors (Lipinski definition) is 5. The lowest BCUT2D eigenvalue weighted by Crippen LogP contribution is -2.24. The summed E-state index contributed by atoms with van der Waals surface area (Å²) >= 11 is 0. The minimum absolute atomic E-state index is 0.0231. The number of furan rings is 1. The minimum atomic E-state index is -0.668. The van der Waals surface area contributed by atoms with Gasteiger partial charge in [0, 0.05) is 12.4 Å². The van der Waals surface area contributed by atoms with Crippen molar-refractivity contribution < 1.29 is 4.42 Å². The van der Waals surface area contributed by atoms with Gasteiger partial charge in [-0.05, 0) is 38.4 Å². The van der Waals surface area contributed by atoms with Crippen LogP contribution in [0, 0.1) is 22.7 Å². The van der Waals surface area contributed by atoms with E-state index in [4.69, 9.17) is 9.83 Å². The Hall–Kier alpha value is -2.65. The summed E-state index contributed by atoms with van der Waals surface area (Å²) in [6, 6.07) is 9.53. The first-order valence-electron chi connectivity index (χ1n) is 6.95. The van der Waals surface area contributed by atoms with Crippen LogP contribution in [0.2, 0.25) is 0 Å². The van der Waals surface area contributed by atoms with Crippen molar-refractivity contribution in [1.29, 1.82) is 10.7 Å². The van der Waals surface area contributed by atoms with Crippen LogP contribution in [0.4, 0.5) is 0 Å². The zero-order chi connectivity index (χ0) is 15.9. The van der Waals surface area contributed by atoms with Crippen molar-refractivity contribution in [1.82, 2.24) is 9.88 Å². The highest BCUT2D eigenvalue weighted by Gasteiger charge is 2.20. The molecule has 0 fully saturated rings. The molecule has 2 N–H and O–H groups in total. The van der Waals surface area contributed by atoms with E-state index < -0.39 is 5.92 Å². The Labute approximate surface area is 129 Å². The van der Waals surface area contributed by atoms with Gasteiger partial charge in [0.25, 0.3) is 0 Å². The summed E-state index contributed by atoms with van der Waals surface area (Å²) in [5, 5.41) is 16.7. The molecule has 0 saturated heterocycles. The number of nitrogens with one attached hydrogen (secondary N) is 2. The van der Waals surface area contributed by atoms with Gasteiger partial charge in [-0.15, -0.1) is 0 Å². The molecule has 6 nitrogen and oxygen atoms in total. The van der Waals surface area contributed by atoms with E-state index in [1.165, 1.54) is 0 Å². The Kier molecular flexibility index (Phi) is 5.28. The minimum Gasteiger partial charge on any atom is -0.468 e. The highest BCUT2D eigenvalue weighted by Crippen LogP contribution is 2.20. The molecule has 0 bridgehead atoms. The van der Waals surface area contributed by atoms with Crippen LogP contribution in [-0.2, 0) is 0 Å². The van der Waals surface area contributed by atoms with Gasteiger partial charge in [-0.2, -0.15) is 5.26 Å². The largest absolute Gasteiger partial charge is 0.468 e. The Morgan fingerprint density at radius 1 is 1.50 bits per heavy atom. The summed E-state index contributed by atoms with van der Waals surface area (Å²) < 4.78 is 5.46. The van der Waals surface area contributed by atoms with E-state index in [1.54, 1.807) is 12.5 Å². The molecule has 0 aliphatic rings. The van der Waals surface area contributed by atoms with Crippen LogP contribution in [0.25, 0.3) is 0 Å². The number of nitrogens with zero attached hydrogens (tertiary/aromatic N) is 3. The topological polar surface area (TPSA) is 92.2 Å². The third kappa shape index (κ3) is 3.51. The number of hydrogen-bond donors (Lipinski definition) is 2. The lowest BCUT2D eigenvalue weighted by molar-refractivity contribution is 0.265. The molecule has 0 saturated carbocycles. The second kappa shape index (κ2) is 7.38. The lowest BCUT2D eigenvalue weighted by Gasteiger charge is -2.21. The van der Waals surface area contributed by atoms with Crippen molar-refractivity contribution in [2.45, 2.75) is 6.04 Å². The van der Waals surface area contributed by atoms with Crippen molar-refractivity contribution in [2.75, 3.05) is 20.6 Å². The molecule has 2 atom stereocenters. The molecule has 0 aromatic carbocycles. The van der Waals surface area contributed by atoms with Gasteiger partial charge in [-0.25, -0.2) is 0 Å². The maximum Gasteiger partial charge on any atom is 0.124 e. The van der Waals surface area contributed by atoms with Gasteiger partial charge in [-0.1, -0.05) is 0 Å². The quantitative estimate of drug-likeness (QED) is 0.769. The summed E-state index contributed by atoms with van der Waals surface area (Å²) in [6.45, 7) is 0.445. The molecular formula is C16H19N5O. The summed E-state index contributed by atoms with van der Waals surface area (Å²) in [4.78, 5) is 9.66. The number of aliphatic imine (C=N–C) groups is 1. The van der Waals surface area contributed by atoms with E-state index in [2.05, 4.69) is 16.0 Å². The number of aromatic amines is 1. The van der Waals surface area contributed by atoms with Crippen molar-refractivity contribution in [3.05, 3.63) is 48.2 Å². The van der Waals surface area contributed by atoms with Crippen LogP contribution in [-0.4, -0.2) is 42.5 Å². The molecular weight excluding hydrogens is 278 g/mol. The predicted octanol–water partition coefficient (Wildman–Crippen LogP) is 2.49. The van der Waals surface area contributed by atoms with E-state index in [1.807, 2.05) is 43.3 Å². The first-order valence-corrected chi connectivity index (χ1v) is 6.95. The summed E-state index contributed by atoms with van der Waals surface area (Å²) in [6.07, 6.45) is 4.52. The third-order valence-corrected chi connectivity index (χ3v) is 3.40. The van der Waals surface area contributed by atoms with Gasteiger partial charge in [0.15, 0.2) is 0 Å². The van der Waals surface area contributed by atoms with Crippen molar-refractivity contribution in [3.8, 4) is 6.07 Å². The van der Waals surface area contributed by atoms with Gasteiger partial charge in [0.1, 0.15) is 11.7 Å². The lowest BCUT2D eigenvalue weighted by atomic mass is 10.0. The SMILES string of the molecule is CN(C)C(CN=C(c1ccc[nH]1)C(C#N)C=N)c1ccco1. The van der Waals surface area contributed by atoms with Crippen LogP contribution in [0.15, 0.2) is 46.1 Å². The van der Waals surface area contributed by atoms with E-state index in [9.17, 15) is 5.26 Å². The molecule has 2 unspecified atom stereocenters. The first-order chi connectivity index (χ1) is 10.7. The molecule has 6 heteroatoms. The average molecular weight is 297 g/mol. The van der Waals surface area contributed by atoms with Gasteiger partial charge in [0.2, 0.25) is 0 Å². The third-order valence-electron chi connectivity index (χ3n) is 3.40. The Bertz CT molecular complexity index is 649. The molecule has 2 aromatic heterocycles. The maximum atomic E-state index is 9.23. The van der Waals surface area contributed by atoms with E-state index in [-0.39, 0.29) is 6.04 Å². The molecule has 0 spiro atoms. The predicted molar refractivity (Wildman–Crippen MR) is 85.2 cm³/mol. The standard InChI is InChI=1S/C16H19N5O/c1-21(2)14(15-6-4-8-22-15)11-20-16(12(9-17)10-18)13-5-3-7-19-13/h3-9,12,14,17,19H,11H2,1-2H3. The van der Waals surface area contributed by atoms with Crippen LogP contribution in [0.5, 0.6) is 0 Å². The van der Waals surface area contributed by atoms with Gasteiger partial charge in [0.05, 0.1) is 36.3 Å². The fourth-order valence-corrected chi connectivity index (χ4v) is 2.19. The fraction of sp³-hybridized carbons (Fsp3) is 0.312. The number of aromatic nitrogens is 1. The van der Waals surface area contributed by atoms with Crippen molar-refractivity contribution in [3.63, 3.8) is 0 Å². The number of likely N-dealkylation sites (N-methyl/N-ethyl adjacent to an activating group) is 1. The number of H-pyrrole nitrogens is 1. The molecule has 0 amide bonds. The Morgan fingerprint density at radius 3 is 2.82 bits per heavy atom. The molecule has 0 radical (unpaired) electrons. The first kappa shape index (κ1) is 15.7. The molecule has 2 aromatic rings. The fourth-order valence-electron chi connectivity index (χ4n) is 2.19. The van der Waals surface area contributed by atoms with Crippen LogP contribution in [0.1, 0.15) is 17.5 Å². The number of nitriles is 1. The summed E-state index contributed by atoms with van der Waals surface area (Å²) in [7, 11) is 3.91. The second-order valence-electron chi connectivity index (χ2n) is 5.08. The Balaban J connectivity index is 2.29. The molecule has 114 valence electrons. The van der Waals surface area contributed by atoms with Crippen LogP contribution in [0.3, 0.4) is 0 Å². The van der Waals surface area contributed by atoms with E-state index >= 15 is 0 Å². The van der Waals surface area contributed by atoms with Crippen LogP contribution >= 0.6 is 0 Å². The highest BCUT2D eigenvalue weighted by atomic mass is 16.3. The van der Waals surface area contributed by atoms with Crippen molar-refractivity contribution in [2.24, 2.45) is 10.9 Å². The smallest absolute Gasteiger partial charge is 0.124 e. The zero-order valence-electron chi connectivity index (χ0n) is 12.7. The van der Waals surface area contributed by atoms with E-state index in [0.29, 0.717) is 12.3 Å².